The Morgan fingerprint density at radius 2 is 2.05 bits per heavy atom. The molecule has 0 fully saturated rings. The van der Waals surface area contributed by atoms with Crippen LogP contribution < -0.4 is 10.7 Å². The largest absolute Gasteiger partial charge is 0.507 e. The number of quaternary nitrogens is 1. The normalized spacial score (nSPS) is 10.5. The molecule has 1 amide bonds. The van der Waals surface area contributed by atoms with Crippen LogP contribution in [-0.4, -0.2) is 27.2 Å². The first-order valence-corrected chi connectivity index (χ1v) is 6.49. The van der Waals surface area contributed by atoms with Gasteiger partial charge in [0.05, 0.1) is 6.21 Å². The summed E-state index contributed by atoms with van der Waals surface area (Å²) in [6.45, 7) is 0. The number of carbonyl (C=O) groups is 1. The van der Waals surface area contributed by atoms with E-state index in [1.165, 1.54) is 11.5 Å². The van der Waals surface area contributed by atoms with Crippen LogP contribution in [-0.2, 0) is 4.79 Å². The molecule has 2 aromatic rings. The molecular formula is C14H13N4O2S+. The van der Waals surface area contributed by atoms with Gasteiger partial charge in [-0.3, -0.25) is 5.43 Å². The van der Waals surface area contributed by atoms with Crippen LogP contribution in [0, 0.1) is 0 Å². The third-order valence-electron chi connectivity index (χ3n) is 2.50. The zero-order chi connectivity index (χ0) is 15.1. The fourth-order valence-electron chi connectivity index (χ4n) is 1.47. The van der Waals surface area contributed by atoms with Gasteiger partial charge in [-0.15, -0.1) is 0 Å². The number of nitrogens with two attached hydrogens (primary N) is 1. The summed E-state index contributed by atoms with van der Waals surface area (Å²) in [6.07, 6.45) is 2.97. The zero-order valence-electron chi connectivity index (χ0n) is 10.9. The molecule has 0 bridgehead atoms. The Balaban J connectivity index is 1.90. The molecule has 1 aromatic heterocycles. The van der Waals surface area contributed by atoms with Gasteiger partial charge in [0, 0.05) is 17.8 Å². The van der Waals surface area contributed by atoms with E-state index in [1.807, 2.05) is 0 Å². The maximum absolute atomic E-state index is 11.8. The minimum Gasteiger partial charge on any atom is -0.507 e. The van der Waals surface area contributed by atoms with Crippen LogP contribution in [0.2, 0.25) is 0 Å². The molecule has 1 aromatic carbocycles. The molecule has 0 saturated heterocycles. The molecule has 1 heterocycles. The first-order chi connectivity index (χ1) is 10.2. The molecule has 21 heavy (non-hydrogen) atoms. The lowest BCUT2D eigenvalue weighted by molar-refractivity contribution is -0.479. The van der Waals surface area contributed by atoms with Crippen molar-refractivity contribution >= 4 is 35.1 Å². The third-order valence-corrected chi connectivity index (χ3v) is 2.79. The van der Waals surface area contributed by atoms with Gasteiger partial charge in [0.25, 0.3) is 0 Å². The number of hydrogen-bond acceptors (Lipinski definition) is 5. The van der Waals surface area contributed by atoms with Crippen LogP contribution in [0.5, 0.6) is 5.75 Å². The van der Waals surface area contributed by atoms with E-state index in [4.69, 9.17) is 12.2 Å². The number of benzene rings is 1. The van der Waals surface area contributed by atoms with E-state index >= 15 is 0 Å². The van der Waals surface area contributed by atoms with Crippen molar-refractivity contribution < 1.29 is 15.2 Å². The first kappa shape index (κ1) is 14.8. The van der Waals surface area contributed by atoms with Gasteiger partial charge in [0.15, 0.2) is 0 Å². The quantitative estimate of drug-likeness (QED) is 0.435. The van der Waals surface area contributed by atoms with Crippen LogP contribution in [0.25, 0.3) is 0 Å². The second-order valence-corrected chi connectivity index (χ2v) is 4.43. The lowest BCUT2D eigenvalue weighted by atomic mass is 10.2. The number of hydrazone groups is 1. The van der Waals surface area contributed by atoms with Crippen molar-refractivity contribution in [3.8, 4) is 5.75 Å². The highest BCUT2D eigenvalue weighted by Gasteiger charge is 2.14. The number of para-hydroxylation sites is 1. The van der Waals surface area contributed by atoms with Gasteiger partial charge >= 0.3 is 5.91 Å². The summed E-state index contributed by atoms with van der Waals surface area (Å²) in [5.74, 6) is 0.231. The van der Waals surface area contributed by atoms with Gasteiger partial charge in [-0.2, -0.15) is 5.10 Å². The number of amides is 1. The van der Waals surface area contributed by atoms with E-state index in [-0.39, 0.29) is 10.7 Å². The molecule has 0 aliphatic carbocycles. The molecule has 0 radical (unpaired) electrons. The minimum absolute atomic E-state index is 0.0488. The van der Waals surface area contributed by atoms with Gasteiger partial charge in [0.1, 0.15) is 5.75 Å². The number of nitrogens with zero attached hydrogens (tertiary/aromatic N) is 2. The Labute approximate surface area is 126 Å². The van der Waals surface area contributed by atoms with Crippen molar-refractivity contribution in [1.82, 2.24) is 10.4 Å². The van der Waals surface area contributed by atoms with Gasteiger partial charge in [-0.1, -0.05) is 18.2 Å². The molecule has 6 nitrogen and oxygen atoms in total. The highest BCUT2D eigenvalue weighted by Crippen LogP contribution is 2.12. The highest BCUT2D eigenvalue weighted by molar-refractivity contribution is 7.81. The Bertz CT molecular complexity index is 674. The molecule has 0 unspecified atom stereocenters. The maximum atomic E-state index is 11.8. The van der Waals surface area contributed by atoms with Crippen LogP contribution in [0.15, 0.2) is 53.8 Å². The Hall–Kier alpha value is -2.64. The van der Waals surface area contributed by atoms with Gasteiger partial charge < -0.3 is 5.11 Å². The monoisotopic (exact) mass is 301 g/mol. The standard InChI is InChI=1S/C14H12N4O2S/c19-11-6-2-1-5-10(11)9-16-18-14(21)13(20)17-12-7-3-4-8-15-12/h1-9,19H,(H,18,21)(H,15,17,20)/p+1/b16-9+. The van der Waals surface area contributed by atoms with E-state index in [0.29, 0.717) is 11.4 Å². The van der Waals surface area contributed by atoms with Gasteiger partial charge in [0.2, 0.25) is 10.8 Å². The molecule has 2 rings (SSSR count). The molecular weight excluding hydrogens is 288 g/mol. The third kappa shape index (κ3) is 4.44. The Morgan fingerprint density at radius 3 is 2.76 bits per heavy atom. The average Bonchev–Trinajstić information content (AvgIpc) is 2.50. The summed E-state index contributed by atoms with van der Waals surface area (Å²) in [7, 11) is 0. The number of thiocarbonyl (C=S) groups is 1. The number of rotatable bonds is 3. The van der Waals surface area contributed by atoms with Gasteiger partial charge in [-0.05, 0) is 30.4 Å². The molecule has 0 aliphatic rings. The summed E-state index contributed by atoms with van der Waals surface area (Å²) in [6, 6.07) is 11.9. The van der Waals surface area contributed by atoms with Crippen LogP contribution in [0.1, 0.15) is 5.56 Å². The topological polar surface area (TPSA) is 91.2 Å². The molecule has 0 atom stereocenters. The first-order valence-electron chi connectivity index (χ1n) is 6.08. The lowest BCUT2D eigenvalue weighted by Gasteiger charge is -2.00. The summed E-state index contributed by atoms with van der Waals surface area (Å²) >= 11 is 4.93. The molecule has 0 aliphatic heterocycles. The van der Waals surface area contributed by atoms with E-state index in [1.54, 1.807) is 48.7 Å². The number of pyridine rings is 1. The molecule has 0 saturated carbocycles. The number of nitrogens with one attached hydrogen (secondary N) is 1. The van der Waals surface area contributed by atoms with Crippen LogP contribution in [0.3, 0.4) is 0 Å². The summed E-state index contributed by atoms with van der Waals surface area (Å²) in [5.41, 5.74) is 2.98. The fourth-order valence-corrected chi connectivity index (χ4v) is 1.59. The Kier molecular flexibility index (Phi) is 5.08. The second kappa shape index (κ2) is 7.22. The number of aromatic nitrogens is 1. The van der Waals surface area contributed by atoms with Gasteiger partial charge in [-0.25, -0.2) is 15.1 Å². The minimum atomic E-state index is -0.391. The summed E-state index contributed by atoms with van der Waals surface area (Å²) in [4.78, 5) is 15.8. The number of hydrogen-bond donors (Lipinski definition) is 3. The fraction of sp³-hybridized carbons (Fsp3) is 0. The van der Waals surface area contributed by atoms with Crippen molar-refractivity contribution in [2.45, 2.75) is 0 Å². The molecule has 0 spiro atoms. The number of phenols is 1. The van der Waals surface area contributed by atoms with Crippen molar-refractivity contribution in [2.24, 2.45) is 5.10 Å². The SMILES string of the molecule is O=C([NH2+]c1ccccn1)C(=S)N/N=C/c1ccccc1O. The van der Waals surface area contributed by atoms with E-state index in [0.717, 1.165) is 0 Å². The van der Waals surface area contributed by atoms with Crippen molar-refractivity contribution in [3.05, 3.63) is 54.2 Å². The van der Waals surface area contributed by atoms with Crippen LogP contribution >= 0.6 is 12.2 Å². The average molecular weight is 301 g/mol. The second-order valence-electron chi connectivity index (χ2n) is 4.02. The van der Waals surface area contributed by atoms with E-state index in [2.05, 4.69) is 15.5 Å². The molecule has 106 valence electrons. The maximum Gasteiger partial charge on any atom is 0.377 e. The number of phenolic OH excluding ortho intramolecular Hbond substituents is 1. The van der Waals surface area contributed by atoms with Crippen molar-refractivity contribution in [3.63, 3.8) is 0 Å². The number of carbonyl (C=O) groups excluding carboxylic acids is 1. The number of primary amides is 1. The van der Waals surface area contributed by atoms with Crippen molar-refractivity contribution in [2.75, 3.05) is 0 Å². The highest BCUT2D eigenvalue weighted by atomic mass is 32.1. The van der Waals surface area contributed by atoms with E-state index in [9.17, 15) is 9.90 Å². The Morgan fingerprint density at radius 1 is 1.29 bits per heavy atom. The summed E-state index contributed by atoms with van der Waals surface area (Å²) in [5, 5.41) is 14.7. The zero-order valence-corrected chi connectivity index (χ0v) is 11.7. The van der Waals surface area contributed by atoms with Crippen LogP contribution in [0.4, 0.5) is 5.82 Å². The summed E-state index contributed by atoms with van der Waals surface area (Å²) < 4.78 is 0. The number of aromatic hydroxyl groups is 1. The van der Waals surface area contributed by atoms with E-state index < -0.39 is 5.91 Å². The molecule has 4 N–H and O–H groups in total. The smallest absolute Gasteiger partial charge is 0.377 e. The van der Waals surface area contributed by atoms with Crippen molar-refractivity contribution in [1.29, 1.82) is 0 Å². The molecule has 7 heteroatoms. The lowest BCUT2D eigenvalue weighted by Crippen LogP contribution is -2.85. The predicted octanol–water partition coefficient (Wildman–Crippen LogP) is 0.460. The predicted molar refractivity (Wildman–Crippen MR) is 82.3 cm³/mol.